The summed E-state index contributed by atoms with van der Waals surface area (Å²) in [5, 5.41) is 46.8. The number of carbonyl (C=O) groups is 2. The number of anilines is 1. The van der Waals surface area contributed by atoms with Gasteiger partial charge in [0.25, 0.3) is 0 Å². The zero-order valence-electron chi connectivity index (χ0n) is 47.8. The zero-order valence-corrected chi connectivity index (χ0v) is 48.6. The van der Waals surface area contributed by atoms with Gasteiger partial charge in [-0.2, -0.15) is 9.97 Å². The summed E-state index contributed by atoms with van der Waals surface area (Å²) in [6, 6.07) is 17.6. The van der Waals surface area contributed by atoms with Crippen LogP contribution in [0, 0.1) is 18.3 Å². The van der Waals surface area contributed by atoms with Crippen molar-refractivity contribution in [3.05, 3.63) is 88.7 Å². The number of nitrogens with zero attached hydrogens (tertiary/aromatic N) is 9. The van der Waals surface area contributed by atoms with Gasteiger partial charge in [-0.3, -0.25) is 29.3 Å². The Bertz CT molecular complexity index is 3250. The second-order valence-corrected chi connectivity index (χ2v) is 25.9. The Labute approximate surface area is 479 Å². The van der Waals surface area contributed by atoms with E-state index >= 15 is 0 Å². The van der Waals surface area contributed by atoms with Crippen molar-refractivity contribution in [1.82, 2.24) is 55.5 Å². The number of rotatable bonds is 16. The molecule has 5 aliphatic heterocycles. The number of aliphatic hydroxyl groups is 2. The number of benzene rings is 3. The molecule has 19 heteroatoms. The Morgan fingerprint density at radius 1 is 0.901 bits per heavy atom. The molecule has 3 aromatic heterocycles. The van der Waals surface area contributed by atoms with E-state index in [0.717, 1.165) is 157 Å². The molecule has 430 valence electrons. The monoisotopic (exact) mass is 1120 g/mol. The third-order valence-corrected chi connectivity index (χ3v) is 19.4. The number of β-amino-alcohol motifs (C(OH)–C–C–N with tert-alkyl or cyclic N) is 1. The van der Waals surface area contributed by atoms with E-state index in [-0.39, 0.29) is 49.0 Å². The van der Waals surface area contributed by atoms with E-state index in [1.54, 1.807) is 16.2 Å². The van der Waals surface area contributed by atoms with Crippen LogP contribution in [0.25, 0.3) is 43.4 Å². The standard InChI is InChI=1S/C62H80N12O6S/c1-36-47-9-7-8-42-26-45(75)27-48(53(42)47)54-52(36)55-49(29-63-54)58(73-31-43-14-15-44(32-73)66-43)69-61(68-55)80-25-24-70-18-16-39(17-19-70)30-71-20-22-72(23-21-71)34-51(77)67-57(62(4,5)6)60(79)74-33-46(76)28-50(74)59(78)65-37(2)40-10-12-41(13-11-40)56-38(3)64-35-81-56/h7-13,26-27,29,35-37,39,43-44,46,50,57,60,66,75-76,79H,14-25,28,30-34H2,1-6H3,(H,65,78)(H,67,77)/t36?,37-,43?,44?,46+,50-,57+,60?/m0/s1. The molecule has 2 bridgehead atoms. The summed E-state index contributed by atoms with van der Waals surface area (Å²) in [7, 11) is 0. The van der Waals surface area contributed by atoms with Gasteiger partial charge in [0, 0.05) is 94.2 Å². The van der Waals surface area contributed by atoms with Gasteiger partial charge in [0.15, 0.2) is 0 Å². The molecule has 2 amide bonds. The predicted molar refractivity (Wildman–Crippen MR) is 317 cm³/mol. The van der Waals surface area contributed by atoms with Crippen molar-refractivity contribution in [2.75, 3.05) is 90.0 Å². The Hall–Kier alpha value is -5.90. The second-order valence-electron chi connectivity index (χ2n) is 25.1. The van der Waals surface area contributed by atoms with Crippen molar-refractivity contribution in [2.24, 2.45) is 11.3 Å². The molecule has 6 N–H and O–H groups in total. The number of nitrogens with one attached hydrogen (secondary N) is 3. The van der Waals surface area contributed by atoms with E-state index in [1.807, 2.05) is 82.7 Å². The molecule has 1 aliphatic carbocycles. The second kappa shape index (κ2) is 23.0. The van der Waals surface area contributed by atoms with Gasteiger partial charge in [0.2, 0.25) is 11.8 Å². The summed E-state index contributed by atoms with van der Waals surface area (Å²) in [4.78, 5) is 59.9. The molecule has 0 saturated carbocycles. The van der Waals surface area contributed by atoms with Gasteiger partial charge in [-0.05, 0) is 110 Å². The van der Waals surface area contributed by atoms with E-state index in [2.05, 4.69) is 65.7 Å². The third kappa shape index (κ3) is 11.6. The topological polar surface area (TPSA) is 208 Å². The first-order valence-electron chi connectivity index (χ1n) is 29.5. The molecule has 81 heavy (non-hydrogen) atoms. The number of hydrogen-bond acceptors (Lipinski definition) is 17. The Morgan fingerprint density at radius 2 is 1.64 bits per heavy atom. The zero-order chi connectivity index (χ0) is 56.3. The number of hydrogen-bond donors (Lipinski definition) is 6. The molecule has 0 radical (unpaired) electrons. The van der Waals surface area contributed by atoms with Crippen LogP contribution in [0.4, 0.5) is 5.82 Å². The number of ether oxygens (including phenoxy) is 1. The summed E-state index contributed by atoms with van der Waals surface area (Å²) in [6.07, 6.45) is 4.69. The number of aliphatic hydroxyl groups excluding tert-OH is 2. The predicted octanol–water partition coefficient (Wildman–Crippen LogP) is 6.26. The highest BCUT2D eigenvalue weighted by Gasteiger charge is 2.46. The van der Waals surface area contributed by atoms with Gasteiger partial charge < -0.3 is 45.8 Å². The number of pyridine rings is 1. The maximum atomic E-state index is 13.9. The summed E-state index contributed by atoms with van der Waals surface area (Å²) < 4.78 is 6.55. The summed E-state index contributed by atoms with van der Waals surface area (Å²) in [5.41, 5.74) is 9.20. The number of likely N-dealkylation sites (tertiary alicyclic amines) is 2. The average Bonchev–Trinajstić information content (AvgIpc) is 4.24. The first-order valence-corrected chi connectivity index (χ1v) is 30.4. The number of fused-ring (bicyclic) bond motifs is 6. The number of aromatic hydroxyl groups is 1. The first kappa shape index (κ1) is 55.6. The molecule has 6 aliphatic rings. The molecule has 5 saturated heterocycles. The minimum atomic E-state index is -1.19. The number of aryl methyl sites for hydroxylation is 1. The van der Waals surface area contributed by atoms with Crippen LogP contribution in [0.5, 0.6) is 11.8 Å². The van der Waals surface area contributed by atoms with Crippen LogP contribution in [0.3, 0.4) is 0 Å². The summed E-state index contributed by atoms with van der Waals surface area (Å²) >= 11 is 1.60. The van der Waals surface area contributed by atoms with Crippen LogP contribution in [0.2, 0.25) is 0 Å². The number of carbonyl (C=O) groups excluding carboxylic acids is 2. The molecular formula is C62H80N12O6S. The van der Waals surface area contributed by atoms with Crippen molar-refractivity contribution in [3.63, 3.8) is 0 Å². The van der Waals surface area contributed by atoms with E-state index < -0.39 is 29.8 Å². The number of amides is 2. The minimum Gasteiger partial charge on any atom is -0.508 e. The van der Waals surface area contributed by atoms with Gasteiger partial charge in [0.1, 0.15) is 24.4 Å². The van der Waals surface area contributed by atoms with Crippen molar-refractivity contribution >= 4 is 50.6 Å². The number of aromatic nitrogens is 4. The fourth-order valence-electron chi connectivity index (χ4n) is 13.9. The van der Waals surface area contributed by atoms with Crippen LogP contribution in [0.15, 0.2) is 66.3 Å². The number of phenols is 1. The molecule has 8 atom stereocenters. The fourth-order valence-corrected chi connectivity index (χ4v) is 14.7. The summed E-state index contributed by atoms with van der Waals surface area (Å²) in [5.74, 6) is 1.29. The molecule has 12 rings (SSSR count). The van der Waals surface area contributed by atoms with Crippen LogP contribution < -0.4 is 25.6 Å². The molecule has 4 unspecified atom stereocenters. The lowest BCUT2D eigenvalue weighted by Crippen LogP contribution is -2.61. The molecule has 6 aromatic rings. The maximum absolute atomic E-state index is 13.9. The van der Waals surface area contributed by atoms with Crippen molar-refractivity contribution < 1.29 is 29.6 Å². The van der Waals surface area contributed by atoms with E-state index in [1.165, 1.54) is 5.56 Å². The number of phenolic OH excluding ortho intramolecular Hbond substituents is 1. The van der Waals surface area contributed by atoms with Crippen LogP contribution in [-0.4, -0.2) is 188 Å². The summed E-state index contributed by atoms with van der Waals surface area (Å²) in [6.45, 7) is 21.8. The third-order valence-electron chi connectivity index (χ3n) is 18.4. The van der Waals surface area contributed by atoms with Gasteiger partial charge in [-0.25, -0.2) is 4.98 Å². The largest absolute Gasteiger partial charge is 0.508 e. The minimum absolute atomic E-state index is 0.0257. The van der Waals surface area contributed by atoms with Crippen molar-refractivity contribution in [2.45, 2.75) is 122 Å². The van der Waals surface area contributed by atoms with Crippen molar-refractivity contribution in [1.29, 1.82) is 0 Å². The Morgan fingerprint density at radius 3 is 2.36 bits per heavy atom. The average molecular weight is 1120 g/mol. The van der Waals surface area contributed by atoms with E-state index in [9.17, 15) is 24.9 Å². The molecule has 0 spiro atoms. The van der Waals surface area contributed by atoms with Gasteiger partial charge in [0.05, 0.1) is 63.5 Å². The van der Waals surface area contributed by atoms with Crippen molar-refractivity contribution in [3.8, 4) is 33.5 Å². The maximum Gasteiger partial charge on any atom is 0.319 e. The highest BCUT2D eigenvalue weighted by Crippen LogP contribution is 2.49. The van der Waals surface area contributed by atoms with Gasteiger partial charge in [-0.1, -0.05) is 70.2 Å². The van der Waals surface area contributed by atoms with Crippen LogP contribution in [0.1, 0.15) is 101 Å². The number of thiazole rings is 1. The number of piperazine rings is 2. The lowest BCUT2D eigenvalue weighted by atomic mass is 9.79. The molecule has 3 aromatic carbocycles. The fraction of sp³-hybridized carbons (Fsp3) is 0.548. The Balaban J connectivity index is 0.616. The molecule has 8 heterocycles. The van der Waals surface area contributed by atoms with Crippen LogP contribution in [-0.2, 0) is 9.59 Å². The Kier molecular flexibility index (Phi) is 15.8. The SMILES string of the molecule is Cc1ncsc1-c1ccc([C@H](C)NC(=O)[C@@H]2C[C@@H](O)CN2C(O)[C@@H](NC(=O)CN2CCN(CC3CCN(CCOc4nc(N5CC6CCC(C5)N6)c5cnc6c(c5n4)C(C)c4cccc5cc(O)cc-6c45)CC3)CC2)C(C)(C)C)cc1. The lowest BCUT2D eigenvalue weighted by molar-refractivity contribution is -0.135. The van der Waals surface area contributed by atoms with Gasteiger partial charge >= 0.3 is 6.01 Å². The van der Waals surface area contributed by atoms with Crippen LogP contribution >= 0.6 is 11.3 Å². The highest BCUT2D eigenvalue weighted by atomic mass is 32.1. The number of piperidine rings is 1. The molecule has 18 nitrogen and oxygen atoms in total. The normalized spacial score (nSPS) is 24.1. The highest BCUT2D eigenvalue weighted by molar-refractivity contribution is 7.13. The molecule has 5 fully saturated rings. The lowest BCUT2D eigenvalue weighted by Gasteiger charge is -2.41. The smallest absolute Gasteiger partial charge is 0.319 e. The van der Waals surface area contributed by atoms with E-state index in [4.69, 9.17) is 19.7 Å². The molecular weight excluding hydrogens is 1040 g/mol. The quantitative estimate of drug-likeness (QED) is 0.0633. The van der Waals surface area contributed by atoms with Gasteiger partial charge in [-0.15, -0.1) is 11.3 Å². The van der Waals surface area contributed by atoms with E-state index in [0.29, 0.717) is 30.6 Å². The first-order chi connectivity index (χ1) is 39.0.